The van der Waals surface area contributed by atoms with Gasteiger partial charge in [0.05, 0.1) is 10.5 Å². The minimum Gasteiger partial charge on any atom is -0.283 e. The minimum atomic E-state index is -2.94. The van der Waals surface area contributed by atoms with Gasteiger partial charge in [-0.2, -0.15) is 0 Å². The van der Waals surface area contributed by atoms with Crippen LogP contribution in [0.1, 0.15) is 15.9 Å². The fourth-order valence-electron chi connectivity index (χ4n) is 2.00. The molecule has 1 unspecified atom stereocenters. The third-order valence-electron chi connectivity index (χ3n) is 2.97. The molecule has 0 aliphatic carbocycles. The summed E-state index contributed by atoms with van der Waals surface area (Å²) >= 11 is 0. The lowest BCUT2D eigenvalue weighted by atomic mass is 9.94. The van der Waals surface area contributed by atoms with Gasteiger partial charge in [-0.05, 0) is 12.1 Å². The first-order valence-electron chi connectivity index (χ1n) is 6.12. The van der Waals surface area contributed by atoms with E-state index in [9.17, 15) is 25.0 Å². The van der Waals surface area contributed by atoms with Crippen LogP contribution in [0.2, 0.25) is 0 Å². The van der Waals surface area contributed by atoms with Gasteiger partial charge in [0.1, 0.15) is 0 Å². The molecular formula is C14H10N2O6. The number of carbonyl (C=O) groups is 1. The van der Waals surface area contributed by atoms with E-state index >= 15 is 0 Å². The first-order chi connectivity index (χ1) is 10.5. The minimum absolute atomic E-state index is 0.0649. The number of hydrogen-bond acceptors (Lipinski definition) is 6. The lowest BCUT2D eigenvalue weighted by Crippen LogP contribution is -2.47. The zero-order valence-corrected chi connectivity index (χ0v) is 11.1. The average molecular weight is 302 g/mol. The van der Waals surface area contributed by atoms with Gasteiger partial charge in [-0.25, -0.2) is 4.84 Å². The van der Waals surface area contributed by atoms with Gasteiger partial charge < -0.3 is 0 Å². The van der Waals surface area contributed by atoms with Crippen LogP contribution < -0.4 is 0 Å². The third kappa shape index (κ3) is 2.62. The van der Waals surface area contributed by atoms with Crippen LogP contribution in [0.3, 0.4) is 0 Å². The van der Waals surface area contributed by atoms with E-state index < -0.39 is 21.5 Å². The van der Waals surface area contributed by atoms with Crippen LogP contribution in [0, 0.1) is 20.2 Å². The lowest BCUT2D eigenvalue weighted by Gasteiger charge is -2.21. The van der Waals surface area contributed by atoms with Crippen molar-refractivity contribution in [2.75, 3.05) is 0 Å². The Hall–Kier alpha value is -3.29. The molecule has 0 spiro atoms. The van der Waals surface area contributed by atoms with Crippen molar-refractivity contribution < 1.29 is 19.6 Å². The van der Waals surface area contributed by atoms with Crippen LogP contribution in [0.25, 0.3) is 0 Å². The summed E-state index contributed by atoms with van der Waals surface area (Å²) in [5.74, 6) is -1.12. The van der Waals surface area contributed by atoms with Crippen molar-refractivity contribution in [1.29, 1.82) is 0 Å². The van der Waals surface area contributed by atoms with Crippen molar-refractivity contribution in [1.82, 2.24) is 0 Å². The van der Waals surface area contributed by atoms with Crippen molar-refractivity contribution in [3.8, 4) is 0 Å². The topological polar surface area (TPSA) is 113 Å². The summed E-state index contributed by atoms with van der Waals surface area (Å²) in [6.07, 6.45) is 0. The Labute approximate surface area is 124 Å². The molecule has 0 radical (unpaired) electrons. The molecule has 8 heteroatoms. The van der Waals surface area contributed by atoms with E-state index in [2.05, 4.69) is 4.84 Å². The maximum atomic E-state index is 12.6. The lowest BCUT2D eigenvalue weighted by molar-refractivity contribution is -0.847. The number of hydrogen-bond donors (Lipinski definition) is 0. The second-order valence-corrected chi connectivity index (χ2v) is 4.28. The Morgan fingerprint density at radius 1 is 0.909 bits per heavy atom. The first kappa shape index (κ1) is 15.1. The Bertz CT molecular complexity index is 704. The van der Waals surface area contributed by atoms with Gasteiger partial charge in [-0.15, -0.1) is 10.1 Å². The molecule has 0 N–H and O–H groups in total. The van der Waals surface area contributed by atoms with Gasteiger partial charge in [0, 0.05) is 5.56 Å². The van der Waals surface area contributed by atoms with E-state index in [1.807, 2.05) is 0 Å². The summed E-state index contributed by atoms with van der Waals surface area (Å²) in [6, 6.07) is 14.1. The van der Waals surface area contributed by atoms with Crippen molar-refractivity contribution in [3.63, 3.8) is 0 Å². The largest absolute Gasteiger partial charge is 0.451 e. The van der Waals surface area contributed by atoms with Gasteiger partial charge in [-0.1, -0.05) is 48.5 Å². The number of nitro groups is 1. The quantitative estimate of drug-likeness (QED) is 0.350. The number of benzene rings is 2. The predicted molar refractivity (Wildman–Crippen MR) is 74.0 cm³/mol. The normalized spacial score (nSPS) is 12.9. The molecule has 0 amide bonds. The number of Topliss-reactive ketones (excluding diaryl/α,β-unsaturated/α-hetero) is 1. The highest BCUT2D eigenvalue weighted by molar-refractivity contribution is 6.01. The number of carbonyl (C=O) groups excluding carboxylic acids is 1. The summed E-state index contributed by atoms with van der Waals surface area (Å²) < 4.78 is 0. The predicted octanol–water partition coefficient (Wildman–Crippen LogP) is 2.21. The fraction of sp³-hybridized carbons (Fsp3) is 0.0714. The Balaban J connectivity index is 2.66. The van der Waals surface area contributed by atoms with Gasteiger partial charge in [0.2, 0.25) is 0 Å². The number of ketones is 1. The molecular weight excluding hydrogens is 292 g/mol. The smallest absolute Gasteiger partial charge is 0.283 e. The molecule has 2 rings (SSSR count). The Morgan fingerprint density at radius 3 is 1.86 bits per heavy atom. The van der Waals surface area contributed by atoms with E-state index in [0.29, 0.717) is 0 Å². The monoisotopic (exact) mass is 302 g/mol. The summed E-state index contributed by atoms with van der Waals surface area (Å²) in [5.41, 5.74) is -3.23. The molecule has 1 atom stereocenters. The highest BCUT2D eigenvalue weighted by atomic mass is 17.0. The zero-order chi connectivity index (χ0) is 16.2. The maximum Gasteiger partial charge on any atom is 0.451 e. The molecule has 2 aromatic carbocycles. The average Bonchev–Trinajstić information content (AvgIpc) is 2.53. The van der Waals surface area contributed by atoms with Crippen LogP contribution in [0.15, 0.2) is 60.7 Å². The van der Waals surface area contributed by atoms with E-state index in [4.69, 9.17) is 0 Å². The molecule has 0 heterocycles. The molecule has 0 saturated carbocycles. The Morgan fingerprint density at radius 2 is 1.41 bits per heavy atom. The highest BCUT2D eigenvalue weighted by Gasteiger charge is 2.57. The fourth-order valence-corrected chi connectivity index (χ4v) is 2.00. The molecule has 0 aromatic heterocycles. The summed E-state index contributed by atoms with van der Waals surface area (Å²) in [4.78, 5) is 38.0. The summed E-state index contributed by atoms with van der Waals surface area (Å²) in [5, 5.41) is 20.9. The molecule has 0 fully saturated rings. The van der Waals surface area contributed by atoms with Crippen LogP contribution in [-0.2, 0) is 10.6 Å². The van der Waals surface area contributed by atoms with Crippen molar-refractivity contribution in [2.24, 2.45) is 0 Å². The summed E-state index contributed by atoms with van der Waals surface area (Å²) in [7, 11) is 0. The molecule has 22 heavy (non-hydrogen) atoms. The first-order valence-corrected chi connectivity index (χ1v) is 6.12. The molecule has 112 valence electrons. The molecule has 0 saturated heterocycles. The van der Waals surface area contributed by atoms with Gasteiger partial charge in [0.15, 0.2) is 0 Å². The zero-order valence-electron chi connectivity index (χ0n) is 11.1. The maximum absolute atomic E-state index is 12.6. The number of rotatable bonds is 6. The van der Waals surface area contributed by atoms with Crippen LogP contribution in [0.5, 0.6) is 0 Å². The molecule has 2 aromatic rings. The van der Waals surface area contributed by atoms with Gasteiger partial charge >= 0.3 is 10.8 Å². The van der Waals surface area contributed by atoms with Crippen LogP contribution in [-0.4, -0.2) is 15.8 Å². The van der Waals surface area contributed by atoms with Crippen molar-refractivity contribution in [2.45, 2.75) is 5.72 Å². The molecule has 0 aliphatic heterocycles. The van der Waals surface area contributed by atoms with Gasteiger partial charge in [-0.3, -0.25) is 14.9 Å². The molecule has 0 aliphatic rings. The van der Waals surface area contributed by atoms with E-state index in [1.165, 1.54) is 48.5 Å². The number of nitrogens with zero attached hydrogens (tertiary/aromatic N) is 2. The van der Waals surface area contributed by atoms with Crippen LogP contribution in [0.4, 0.5) is 0 Å². The van der Waals surface area contributed by atoms with E-state index in [1.54, 1.807) is 12.1 Å². The SMILES string of the molecule is O=C(c1ccccc1)C(O[N+](=O)[O-])(c1ccccc1)[N+](=O)[O-]. The van der Waals surface area contributed by atoms with E-state index in [-0.39, 0.29) is 11.1 Å². The Kier molecular flexibility index (Phi) is 4.12. The van der Waals surface area contributed by atoms with E-state index in [0.717, 1.165) is 0 Å². The van der Waals surface area contributed by atoms with Crippen molar-refractivity contribution >= 4 is 5.78 Å². The third-order valence-corrected chi connectivity index (χ3v) is 2.97. The molecule has 0 bridgehead atoms. The van der Waals surface area contributed by atoms with Crippen LogP contribution >= 0.6 is 0 Å². The highest BCUT2D eigenvalue weighted by Crippen LogP contribution is 2.31. The van der Waals surface area contributed by atoms with Gasteiger partial charge in [0.25, 0.3) is 5.78 Å². The standard InChI is InChI=1S/C14H10N2O6/c17-13(11-7-3-1-4-8-11)14(15(18)19,22-16(20)21)12-9-5-2-6-10-12/h1-10H. The summed E-state index contributed by atoms with van der Waals surface area (Å²) in [6.45, 7) is 0. The second-order valence-electron chi connectivity index (χ2n) is 4.28. The van der Waals surface area contributed by atoms with Crippen molar-refractivity contribution in [3.05, 3.63) is 92.0 Å². The molecule has 8 nitrogen and oxygen atoms in total. The second kappa shape index (κ2) is 6.00.